The first kappa shape index (κ1) is 15.5. The molecule has 0 saturated carbocycles. The van der Waals surface area contributed by atoms with Gasteiger partial charge in [0, 0.05) is 23.6 Å². The lowest BCUT2D eigenvalue weighted by atomic mass is 10.1. The van der Waals surface area contributed by atoms with Crippen molar-refractivity contribution in [1.29, 1.82) is 0 Å². The van der Waals surface area contributed by atoms with Crippen molar-refractivity contribution in [2.24, 2.45) is 0 Å². The van der Waals surface area contributed by atoms with Gasteiger partial charge >= 0.3 is 5.97 Å². The number of nitrogens with one attached hydrogen (secondary N) is 1. The minimum atomic E-state index is -0.436. The van der Waals surface area contributed by atoms with Crippen LogP contribution in [0.4, 0.5) is 5.69 Å². The topological polar surface area (TPSA) is 73.2 Å². The van der Waals surface area contributed by atoms with E-state index in [1.54, 1.807) is 41.2 Å². The Kier molecular flexibility index (Phi) is 4.38. The second-order valence-electron chi connectivity index (χ2n) is 5.02. The molecule has 3 rings (SSSR count). The van der Waals surface area contributed by atoms with Crippen molar-refractivity contribution in [3.63, 3.8) is 0 Å². The largest absolute Gasteiger partial charge is 0.465 e. The highest BCUT2D eigenvalue weighted by Gasteiger charge is 2.09. The van der Waals surface area contributed by atoms with Crippen LogP contribution in [0.25, 0.3) is 5.69 Å². The number of esters is 1. The van der Waals surface area contributed by atoms with Gasteiger partial charge in [0.25, 0.3) is 5.91 Å². The van der Waals surface area contributed by atoms with Gasteiger partial charge in [0.15, 0.2) is 0 Å². The van der Waals surface area contributed by atoms with E-state index in [0.717, 1.165) is 5.69 Å². The highest BCUT2D eigenvalue weighted by molar-refractivity contribution is 6.04. The number of aromatic nitrogens is 2. The second-order valence-corrected chi connectivity index (χ2v) is 5.02. The Bertz CT molecular complexity index is 855. The number of anilines is 1. The summed E-state index contributed by atoms with van der Waals surface area (Å²) in [6.45, 7) is 0. The van der Waals surface area contributed by atoms with E-state index >= 15 is 0 Å². The molecule has 1 amide bonds. The first-order valence-electron chi connectivity index (χ1n) is 7.27. The predicted octanol–water partition coefficient (Wildman–Crippen LogP) is 2.91. The van der Waals surface area contributed by atoms with E-state index in [9.17, 15) is 9.59 Å². The van der Waals surface area contributed by atoms with Gasteiger partial charge in [-0.15, -0.1) is 0 Å². The molecule has 6 nitrogen and oxygen atoms in total. The molecule has 0 spiro atoms. The number of benzene rings is 2. The van der Waals surface area contributed by atoms with Crippen LogP contribution < -0.4 is 5.32 Å². The molecular formula is C18H15N3O3. The summed E-state index contributed by atoms with van der Waals surface area (Å²) in [5, 5.41) is 6.99. The van der Waals surface area contributed by atoms with Crippen LogP contribution >= 0.6 is 0 Å². The zero-order chi connectivity index (χ0) is 16.9. The Labute approximate surface area is 138 Å². The Hall–Kier alpha value is -3.41. The Morgan fingerprint density at radius 1 is 1.04 bits per heavy atom. The number of carbonyl (C=O) groups is 2. The quantitative estimate of drug-likeness (QED) is 0.750. The summed E-state index contributed by atoms with van der Waals surface area (Å²) in [5.41, 5.74) is 2.35. The molecule has 0 aliphatic carbocycles. The van der Waals surface area contributed by atoms with Crippen molar-refractivity contribution in [3.05, 3.63) is 78.1 Å². The summed E-state index contributed by atoms with van der Waals surface area (Å²) in [5.74, 6) is -0.696. The van der Waals surface area contributed by atoms with Crippen LogP contribution in [0.5, 0.6) is 0 Å². The molecular weight excluding hydrogens is 306 g/mol. The third-order valence-corrected chi connectivity index (χ3v) is 3.44. The summed E-state index contributed by atoms with van der Waals surface area (Å²) < 4.78 is 6.34. The summed E-state index contributed by atoms with van der Waals surface area (Å²) in [6, 6.07) is 15.5. The molecule has 0 aliphatic rings. The maximum absolute atomic E-state index is 12.3. The predicted molar refractivity (Wildman–Crippen MR) is 89.3 cm³/mol. The average molecular weight is 321 g/mol. The highest BCUT2D eigenvalue weighted by atomic mass is 16.5. The molecule has 1 heterocycles. The number of nitrogens with zero attached hydrogens (tertiary/aromatic N) is 2. The van der Waals surface area contributed by atoms with Crippen molar-refractivity contribution >= 4 is 17.6 Å². The molecule has 6 heteroatoms. The van der Waals surface area contributed by atoms with Gasteiger partial charge < -0.3 is 10.1 Å². The molecule has 3 aromatic rings. The first-order chi connectivity index (χ1) is 11.7. The van der Waals surface area contributed by atoms with Crippen LogP contribution in [-0.4, -0.2) is 28.8 Å². The van der Waals surface area contributed by atoms with Crippen molar-refractivity contribution in [3.8, 4) is 5.69 Å². The minimum absolute atomic E-state index is 0.260. The zero-order valence-electron chi connectivity index (χ0n) is 13.0. The van der Waals surface area contributed by atoms with Crippen LogP contribution in [-0.2, 0) is 4.74 Å². The van der Waals surface area contributed by atoms with Crippen molar-refractivity contribution in [2.45, 2.75) is 0 Å². The van der Waals surface area contributed by atoms with E-state index in [4.69, 9.17) is 0 Å². The van der Waals surface area contributed by atoms with Gasteiger partial charge in [0.2, 0.25) is 0 Å². The van der Waals surface area contributed by atoms with Crippen LogP contribution in [0.2, 0.25) is 0 Å². The van der Waals surface area contributed by atoms with Gasteiger partial charge in [-0.3, -0.25) is 4.79 Å². The molecule has 0 saturated heterocycles. The summed E-state index contributed by atoms with van der Waals surface area (Å²) in [4.78, 5) is 23.7. The first-order valence-corrected chi connectivity index (χ1v) is 7.27. The van der Waals surface area contributed by atoms with E-state index in [1.165, 1.54) is 7.11 Å². The highest BCUT2D eigenvalue weighted by Crippen LogP contribution is 2.15. The fourth-order valence-corrected chi connectivity index (χ4v) is 2.23. The summed E-state index contributed by atoms with van der Waals surface area (Å²) in [6.07, 6.45) is 3.51. The maximum Gasteiger partial charge on any atom is 0.337 e. The average Bonchev–Trinajstić information content (AvgIpc) is 3.16. The SMILES string of the molecule is COC(=O)c1ccc(C(=O)Nc2cccc(-n3cccn3)c2)cc1. The molecule has 1 N–H and O–H groups in total. The van der Waals surface area contributed by atoms with E-state index in [1.807, 2.05) is 30.5 Å². The Balaban J connectivity index is 1.75. The van der Waals surface area contributed by atoms with E-state index in [2.05, 4.69) is 15.2 Å². The smallest absolute Gasteiger partial charge is 0.337 e. The van der Waals surface area contributed by atoms with E-state index in [0.29, 0.717) is 16.8 Å². The lowest BCUT2D eigenvalue weighted by molar-refractivity contribution is 0.0600. The maximum atomic E-state index is 12.3. The minimum Gasteiger partial charge on any atom is -0.465 e. The standard InChI is InChI=1S/C18H15N3O3/c1-24-18(23)14-8-6-13(7-9-14)17(22)20-15-4-2-5-16(12-15)21-11-3-10-19-21/h2-12H,1H3,(H,20,22). The van der Waals surface area contributed by atoms with Crippen molar-refractivity contribution in [1.82, 2.24) is 9.78 Å². The van der Waals surface area contributed by atoms with Gasteiger partial charge in [-0.2, -0.15) is 5.10 Å². The molecule has 0 unspecified atom stereocenters. The second kappa shape index (κ2) is 6.78. The Morgan fingerprint density at radius 3 is 2.46 bits per heavy atom. The van der Waals surface area contributed by atoms with Crippen molar-refractivity contribution in [2.75, 3.05) is 12.4 Å². The summed E-state index contributed by atoms with van der Waals surface area (Å²) >= 11 is 0. The number of rotatable bonds is 4. The monoisotopic (exact) mass is 321 g/mol. The molecule has 0 atom stereocenters. The third-order valence-electron chi connectivity index (χ3n) is 3.44. The van der Waals surface area contributed by atoms with Crippen LogP contribution in [0, 0.1) is 0 Å². The van der Waals surface area contributed by atoms with Crippen LogP contribution in [0.3, 0.4) is 0 Å². The van der Waals surface area contributed by atoms with Crippen molar-refractivity contribution < 1.29 is 14.3 Å². The molecule has 24 heavy (non-hydrogen) atoms. The number of ether oxygens (including phenoxy) is 1. The number of carbonyl (C=O) groups excluding carboxylic acids is 2. The van der Waals surface area contributed by atoms with Gasteiger partial charge in [-0.1, -0.05) is 6.07 Å². The number of hydrogen-bond donors (Lipinski definition) is 1. The van der Waals surface area contributed by atoms with Crippen LogP contribution in [0.15, 0.2) is 67.0 Å². The molecule has 0 radical (unpaired) electrons. The Morgan fingerprint density at radius 2 is 1.79 bits per heavy atom. The normalized spacial score (nSPS) is 10.2. The molecule has 0 aliphatic heterocycles. The van der Waals surface area contributed by atoms with Gasteiger partial charge in [-0.25, -0.2) is 9.48 Å². The van der Waals surface area contributed by atoms with E-state index in [-0.39, 0.29) is 5.91 Å². The fourth-order valence-electron chi connectivity index (χ4n) is 2.23. The molecule has 0 bridgehead atoms. The summed E-state index contributed by atoms with van der Waals surface area (Å²) in [7, 11) is 1.32. The fraction of sp³-hybridized carbons (Fsp3) is 0.0556. The van der Waals surface area contributed by atoms with Gasteiger partial charge in [0.1, 0.15) is 0 Å². The lowest BCUT2D eigenvalue weighted by Crippen LogP contribution is -2.12. The van der Waals surface area contributed by atoms with Crippen LogP contribution in [0.1, 0.15) is 20.7 Å². The molecule has 0 fully saturated rings. The van der Waals surface area contributed by atoms with E-state index < -0.39 is 5.97 Å². The third kappa shape index (κ3) is 3.33. The van der Waals surface area contributed by atoms with Gasteiger partial charge in [-0.05, 0) is 48.5 Å². The molecule has 1 aromatic heterocycles. The lowest BCUT2D eigenvalue weighted by Gasteiger charge is -2.08. The zero-order valence-corrected chi connectivity index (χ0v) is 13.0. The number of hydrogen-bond acceptors (Lipinski definition) is 4. The molecule has 2 aromatic carbocycles. The number of methoxy groups -OCH3 is 1. The molecule has 120 valence electrons. The van der Waals surface area contributed by atoms with Gasteiger partial charge in [0.05, 0.1) is 18.4 Å². The number of amides is 1.